The Hall–Kier alpha value is -4.01. The van der Waals surface area contributed by atoms with Gasteiger partial charge in [0, 0.05) is 24.1 Å². The summed E-state index contributed by atoms with van der Waals surface area (Å²) in [6, 6.07) is 12.4. The molecule has 1 heterocycles. The number of benzene rings is 2. The molecule has 0 saturated carbocycles. The van der Waals surface area contributed by atoms with Crippen LogP contribution in [0.3, 0.4) is 0 Å². The number of aryl methyl sites for hydroxylation is 1. The molecule has 0 saturated heterocycles. The fraction of sp³-hybridized carbons (Fsp3) is 0.143. The first-order valence-corrected chi connectivity index (χ1v) is 9.08. The number of aromatic nitrogens is 1. The van der Waals surface area contributed by atoms with Gasteiger partial charge >= 0.3 is 0 Å². The third kappa shape index (κ3) is 5.51. The van der Waals surface area contributed by atoms with Gasteiger partial charge in [0.1, 0.15) is 5.82 Å². The van der Waals surface area contributed by atoms with E-state index in [-0.39, 0.29) is 25.3 Å². The molecule has 3 aromatic rings. The number of carbonyl (C=O) groups excluding carboxylic acids is 3. The van der Waals surface area contributed by atoms with E-state index in [2.05, 4.69) is 15.6 Å². The van der Waals surface area contributed by atoms with Crippen LogP contribution < -0.4 is 16.4 Å². The van der Waals surface area contributed by atoms with E-state index in [1.165, 1.54) is 24.4 Å². The number of hydrogen-bond acceptors (Lipinski definition) is 5. The minimum absolute atomic E-state index is 0.109. The van der Waals surface area contributed by atoms with Crippen LogP contribution in [0.25, 0.3) is 11.3 Å². The van der Waals surface area contributed by atoms with Crippen LogP contribution in [0.1, 0.15) is 22.7 Å². The zero-order valence-electron chi connectivity index (χ0n) is 15.9. The molecule has 3 rings (SSSR count). The number of rotatable bonds is 8. The molecule has 2 aromatic carbocycles. The van der Waals surface area contributed by atoms with Gasteiger partial charge in [-0.25, -0.2) is 9.37 Å². The van der Waals surface area contributed by atoms with E-state index in [1.54, 1.807) is 30.3 Å². The summed E-state index contributed by atoms with van der Waals surface area (Å²) in [4.78, 5) is 38.7. The SMILES string of the molecule is NC(=O)CNC(=O)c1ccc(NC(=O)CCc2ncc(-c3ccccc3F)o2)cc1. The van der Waals surface area contributed by atoms with Gasteiger partial charge in [0.2, 0.25) is 11.8 Å². The molecule has 3 amide bonds. The molecule has 9 heteroatoms. The van der Waals surface area contributed by atoms with E-state index < -0.39 is 17.6 Å². The van der Waals surface area contributed by atoms with Gasteiger partial charge < -0.3 is 20.8 Å². The summed E-state index contributed by atoms with van der Waals surface area (Å²) in [6.07, 6.45) is 1.78. The van der Waals surface area contributed by atoms with Crippen LogP contribution in [-0.4, -0.2) is 29.3 Å². The predicted octanol–water partition coefficient (Wildman–Crippen LogP) is 2.27. The van der Waals surface area contributed by atoms with Crippen LogP contribution in [0.5, 0.6) is 0 Å². The highest BCUT2D eigenvalue weighted by Crippen LogP contribution is 2.23. The first-order valence-electron chi connectivity index (χ1n) is 9.08. The molecule has 30 heavy (non-hydrogen) atoms. The highest BCUT2D eigenvalue weighted by Gasteiger charge is 2.12. The summed E-state index contributed by atoms with van der Waals surface area (Å²) in [5.74, 6) is -1.14. The number of oxazole rings is 1. The van der Waals surface area contributed by atoms with Gasteiger partial charge in [0.05, 0.1) is 18.3 Å². The fourth-order valence-electron chi connectivity index (χ4n) is 2.63. The summed E-state index contributed by atoms with van der Waals surface area (Å²) >= 11 is 0. The van der Waals surface area contributed by atoms with Crippen LogP contribution in [0.4, 0.5) is 10.1 Å². The molecule has 0 fully saturated rings. The number of carbonyl (C=O) groups is 3. The van der Waals surface area contributed by atoms with Crippen LogP contribution in [0, 0.1) is 5.82 Å². The average Bonchev–Trinajstić information content (AvgIpc) is 3.20. The van der Waals surface area contributed by atoms with Crippen molar-refractivity contribution in [2.45, 2.75) is 12.8 Å². The Morgan fingerprint density at radius 2 is 1.80 bits per heavy atom. The second-order valence-electron chi connectivity index (χ2n) is 6.37. The topological polar surface area (TPSA) is 127 Å². The zero-order valence-corrected chi connectivity index (χ0v) is 15.9. The maximum absolute atomic E-state index is 13.8. The summed E-state index contributed by atoms with van der Waals surface area (Å²) in [5.41, 5.74) is 6.12. The standard InChI is InChI=1S/C21H19FN4O4/c22-16-4-2-1-3-15(16)17-11-24-20(30-17)10-9-19(28)26-14-7-5-13(6-8-14)21(29)25-12-18(23)27/h1-8,11H,9-10,12H2,(H2,23,27)(H,25,29)(H,26,28). The first kappa shape index (κ1) is 20.7. The monoisotopic (exact) mass is 410 g/mol. The van der Waals surface area contributed by atoms with Crippen molar-refractivity contribution in [3.8, 4) is 11.3 Å². The molecule has 0 aliphatic rings. The molecule has 0 atom stereocenters. The van der Waals surface area contributed by atoms with E-state index in [9.17, 15) is 18.8 Å². The Bertz CT molecular complexity index is 1060. The highest BCUT2D eigenvalue weighted by atomic mass is 19.1. The van der Waals surface area contributed by atoms with Crippen molar-refractivity contribution < 1.29 is 23.2 Å². The van der Waals surface area contributed by atoms with Gasteiger partial charge in [-0.2, -0.15) is 0 Å². The molecule has 4 N–H and O–H groups in total. The number of halogens is 1. The lowest BCUT2D eigenvalue weighted by atomic mass is 10.2. The summed E-state index contributed by atoms with van der Waals surface area (Å²) in [7, 11) is 0. The zero-order chi connectivity index (χ0) is 21.5. The largest absolute Gasteiger partial charge is 0.441 e. The van der Waals surface area contributed by atoms with Gasteiger partial charge in [0.25, 0.3) is 5.91 Å². The van der Waals surface area contributed by atoms with Crippen molar-refractivity contribution in [2.24, 2.45) is 5.73 Å². The van der Waals surface area contributed by atoms with Gasteiger partial charge in [-0.05, 0) is 36.4 Å². The van der Waals surface area contributed by atoms with Crippen LogP contribution in [0.2, 0.25) is 0 Å². The number of nitrogens with zero attached hydrogens (tertiary/aromatic N) is 1. The van der Waals surface area contributed by atoms with Gasteiger partial charge in [-0.15, -0.1) is 0 Å². The lowest BCUT2D eigenvalue weighted by Gasteiger charge is -2.06. The summed E-state index contributed by atoms with van der Waals surface area (Å²) < 4.78 is 19.3. The van der Waals surface area contributed by atoms with Crippen LogP contribution in [0.15, 0.2) is 59.1 Å². The predicted molar refractivity (Wildman–Crippen MR) is 107 cm³/mol. The van der Waals surface area contributed by atoms with Crippen molar-refractivity contribution in [3.63, 3.8) is 0 Å². The van der Waals surface area contributed by atoms with E-state index >= 15 is 0 Å². The second-order valence-corrected chi connectivity index (χ2v) is 6.37. The number of amides is 3. The number of hydrogen-bond donors (Lipinski definition) is 3. The molecule has 154 valence electrons. The molecule has 0 bridgehead atoms. The Labute approximate surface area is 171 Å². The maximum Gasteiger partial charge on any atom is 0.251 e. The smallest absolute Gasteiger partial charge is 0.251 e. The number of nitrogens with two attached hydrogens (primary N) is 1. The highest BCUT2D eigenvalue weighted by molar-refractivity contribution is 5.97. The molecule has 0 unspecified atom stereocenters. The normalized spacial score (nSPS) is 10.4. The van der Waals surface area contributed by atoms with Crippen molar-refractivity contribution >= 4 is 23.4 Å². The Balaban J connectivity index is 1.51. The van der Waals surface area contributed by atoms with Crippen molar-refractivity contribution in [1.29, 1.82) is 0 Å². The number of anilines is 1. The van der Waals surface area contributed by atoms with Crippen molar-refractivity contribution in [2.75, 3.05) is 11.9 Å². The lowest BCUT2D eigenvalue weighted by Crippen LogP contribution is -2.33. The third-order valence-corrected chi connectivity index (χ3v) is 4.11. The molecular weight excluding hydrogens is 391 g/mol. The average molecular weight is 410 g/mol. The fourth-order valence-corrected chi connectivity index (χ4v) is 2.63. The Morgan fingerprint density at radius 1 is 1.07 bits per heavy atom. The molecule has 0 spiro atoms. The van der Waals surface area contributed by atoms with Crippen molar-refractivity contribution in [1.82, 2.24) is 10.3 Å². The molecule has 1 aromatic heterocycles. The lowest BCUT2D eigenvalue weighted by molar-refractivity contribution is -0.117. The van der Waals surface area contributed by atoms with E-state index in [4.69, 9.17) is 10.2 Å². The molecule has 8 nitrogen and oxygen atoms in total. The molecule has 0 radical (unpaired) electrons. The van der Waals surface area contributed by atoms with Gasteiger partial charge in [-0.3, -0.25) is 14.4 Å². The maximum atomic E-state index is 13.8. The minimum atomic E-state index is -0.640. The quantitative estimate of drug-likeness (QED) is 0.525. The third-order valence-electron chi connectivity index (χ3n) is 4.11. The van der Waals surface area contributed by atoms with Crippen LogP contribution in [-0.2, 0) is 16.0 Å². The Kier molecular flexibility index (Phi) is 6.53. The first-order chi connectivity index (χ1) is 14.4. The second kappa shape index (κ2) is 9.46. The number of primary amides is 1. The molecule has 0 aliphatic heterocycles. The van der Waals surface area contributed by atoms with Gasteiger partial charge in [-0.1, -0.05) is 12.1 Å². The minimum Gasteiger partial charge on any atom is -0.441 e. The molecule has 0 aliphatic carbocycles. The summed E-state index contributed by atoms with van der Waals surface area (Å²) in [5, 5.41) is 5.07. The van der Waals surface area contributed by atoms with Gasteiger partial charge in [0.15, 0.2) is 11.7 Å². The summed E-state index contributed by atoms with van der Waals surface area (Å²) in [6.45, 7) is -0.253. The van der Waals surface area contributed by atoms with E-state index in [0.717, 1.165) is 0 Å². The van der Waals surface area contributed by atoms with E-state index in [1.807, 2.05) is 0 Å². The van der Waals surface area contributed by atoms with Crippen LogP contribution >= 0.6 is 0 Å². The Morgan fingerprint density at radius 3 is 2.50 bits per heavy atom. The number of nitrogens with one attached hydrogen (secondary N) is 2. The van der Waals surface area contributed by atoms with E-state index in [0.29, 0.717) is 28.5 Å². The molecular formula is C21H19FN4O4. The van der Waals surface area contributed by atoms with Crippen molar-refractivity contribution in [3.05, 3.63) is 72.0 Å².